The van der Waals surface area contributed by atoms with Crippen LogP contribution in [0.25, 0.3) is 0 Å². The van der Waals surface area contributed by atoms with Gasteiger partial charge in [-0.3, -0.25) is 9.69 Å². The van der Waals surface area contributed by atoms with Crippen LogP contribution in [0.15, 0.2) is 30.3 Å². The molecule has 0 bridgehead atoms. The van der Waals surface area contributed by atoms with Gasteiger partial charge in [-0.2, -0.15) is 0 Å². The zero-order chi connectivity index (χ0) is 18.3. The van der Waals surface area contributed by atoms with Gasteiger partial charge in [-0.25, -0.2) is 0 Å². The number of hydrogen-bond acceptors (Lipinski definition) is 4. The predicted molar refractivity (Wildman–Crippen MR) is 101 cm³/mol. The predicted octanol–water partition coefficient (Wildman–Crippen LogP) is 1.89. The summed E-state index contributed by atoms with van der Waals surface area (Å²) in [5, 5.41) is 12.4. The lowest BCUT2D eigenvalue weighted by Crippen LogP contribution is -2.50. The van der Waals surface area contributed by atoms with Crippen molar-refractivity contribution < 1.29 is 9.90 Å². The van der Waals surface area contributed by atoms with Gasteiger partial charge in [0.15, 0.2) is 0 Å². The molecule has 0 spiro atoms. The van der Waals surface area contributed by atoms with E-state index in [4.69, 9.17) is 0 Å². The van der Waals surface area contributed by atoms with Crippen LogP contribution in [0, 0.1) is 5.41 Å². The van der Waals surface area contributed by atoms with Crippen molar-refractivity contribution in [1.82, 2.24) is 15.1 Å². The van der Waals surface area contributed by atoms with Crippen molar-refractivity contribution in [2.24, 2.45) is 5.41 Å². The molecule has 1 amide bonds. The summed E-state index contributed by atoms with van der Waals surface area (Å²) >= 11 is 0. The Kier molecular flexibility index (Phi) is 7.41. The number of hydrogen-bond donors (Lipinski definition) is 2. The van der Waals surface area contributed by atoms with E-state index in [1.165, 1.54) is 0 Å². The molecule has 1 atom stereocenters. The number of carbonyl (C=O) groups excluding carboxylic acids is 1. The Hall–Kier alpha value is -1.43. The molecule has 140 valence electrons. The number of aliphatic hydroxyl groups is 1. The first-order chi connectivity index (χ1) is 11.9. The Labute approximate surface area is 152 Å². The zero-order valence-electron chi connectivity index (χ0n) is 15.9. The van der Waals surface area contributed by atoms with Crippen LogP contribution in [-0.4, -0.2) is 67.2 Å². The summed E-state index contributed by atoms with van der Waals surface area (Å²) < 4.78 is 0. The summed E-state index contributed by atoms with van der Waals surface area (Å²) in [6.45, 7) is 8.70. The quantitative estimate of drug-likeness (QED) is 0.705. The Morgan fingerprint density at radius 2 is 1.84 bits per heavy atom. The second kappa shape index (κ2) is 9.32. The zero-order valence-corrected chi connectivity index (χ0v) is 15.9. The minimum Gasteiger partial charge on any atom is -0.396 e. The molecular weight excluding hydrogens is 314 g/mol. The minimum atomic E-state index is -0.222. The lowest BCUT2D eigenvalue weighted by molar-refractivity contribution is -0.127. The third-order valence-corrected chi connectivity index (χ3v) is 5.02. The number of nitrogens with one attached hydrogen (secondary N) is 1. The Balaban J connectivity index is 1.96. The number of nitrogens with zero attached hydrogens (tertiary/aromatic N) is 2. The third-order valence-electron chi connectivity index (χ3n) is 5.02. The summed E-state index contributed by atoms with van der Waals surface area (Å²) in [6.07, 6.45) is 1.78. The molecule has 1 aliphatic rings. The number of amides is 1. The molecule has 1 aromatic carbocycles. The molecule has 5 heteroatoms. The van der Waals surface area contributed by atoms with Crippen LogP contribution in [0.5, 0.6) is 0 Å². The van der Waals surface area contributed by atoms with Gasteiger partial charge < -0.3 is 15.3 Å². The van der Waals surface area contributed by atoms with Crippen LogP contribution in [0.4, 0.5) is 0 Å². The first-order valence-corrected chi connectivity index (χ1v) is 9.29. The lowest BCUT2D eigenvalue weighted by Gasteiger charge is -2.37. The van der Waals surface area contributed by atoms with Crippen molar-refractivity contribution in [2.45, 2.75) is 32.7 Å². The molecule has 1 fully saturated rings. The minimum absolute atomic E-state index is 0.0811. The van der Waals surface area contributed by atoms with Gasteiger partial charge in [0.1, 0.15) is 6.04 Å². The van der Waals surface area contributed by atoms with E-state index in [-0.39, 0.29) is 24.0 Å². The van der Waals surface area contributed by atoms with E-state index in [1.807, 2.05) is 44.2 Å². The monoisotopic (exact) mass is 347 g/mol. The highest BCUT2D eigenvalue weighted by Gasteiger charge is 2.29. The van der Waals surface area contributed by atoms with Gasteiger partial charge in [-0.1, -0.05) is 44.2 Å². The topological polar surface area (TPSA) is 55.8 Å². The highest BCUT2D eigenvalue weighted by Crippen LogP contribution is 2.23. The molecule has 1 aromatic rings. The third kappa shape index (κ3) is 6.10. The first-order valence-electron chi connectivity index (χ1n) is 9.29. The van der Waals surface area contributed by atoms with E-state index in [1.54, 1.807) is 0 Å². The van der Waals surface area contributed by atoms with Crippen LogP contribution < -0.4 is 5.32 Å². The number of carbonyl (C=O) groups is 1. The molecule has 0 aromatic heterocycles. The van der Waals surface area contributed by atoms with Crippen molar-refractivity contribution in [3.8, 4) is 0 Å². The van der Waals surface area contributed by atoms with Crippen LogP contribution >= 0.6 is 0 Å². The number of benzene rings is 1. The average Bonchev–Trinajstić information content (AvgIpc) is 2.62. The summed E-state index contributed by atoms with van der Waals surface area (Å²) in [6, 6.07) is 9.83. The number of piperazine rings is 1. The molecular formula is C20H33N3O2. The molecule has 2 N–H and O–H groups in total. The van der Waals surface area contributed by atoms with Gasteiger partial charge in [0, 0.05) is 39.3 Å². The molecule has 0 saturated carbocycles. The summed E-state index contributed by atoms with van der Waals surface area (Å²) in [4.78, 5) is 17.5. The van der Waals surface area contributed by atoms with E-state index in [0.717, 1.165) is 44.6 Å². The van der Waals surface area contributed by atoms with E-state index >= 15 is 0 Å². The van der Waals surface area contributed by atoms with Crippen molar-refractivity contribution in [1.29, 1.82) is 0 Å². The van der Waals surface area contributed by atoms with Crippen molar-refractivity contribution in [3.63, 3.8) is 0 Å². The largest absolute Gasteiger partial charge is 0.396 e. The van der Waals surface area contributed by atoms with Crippen LogP contribution in [0.3, 0.4) is 0 Å². The molecule has 5 nitrogen and oxygen atoms in total. The molecule has 1 unspecified atom stereocenters. The van der Waals surface area contributed by atoms with Crippen LogP contribution in [0.2, 0.25) is 0 Å². The second-order valence-corrected chi connectivity index (χ2v) is 7.87. The fraction of sp³-hybridized carbons (Fsp3) is 0.650. The van der Waals surface area contributed by atoms with Crippen LogP contribution in [0.1, 0.15) is 38.3 Å². The van der Waals surface area contributed by atoms with Gasteiger partial charge in [0.25, 0.3) is 0 Å². The maximum atomic E-state index is 12.9. The fourth-order valence-electron chi connectivity index (χ4n) is 3.20. The van der Waals surface area contributed by atoms with Gasteiger partial charge in [0.2, 0.25) is 5.91 Å². The highest BCUT2D eigenvalue weighted by molar-refractivity contribution is 5.83. The SMILES string of the molecule is CN1CCN(C(C(=O)NCCCC(C)(C)CO)c2ccccc2)CC1. The van der Waals surface area contributed by atoms with E-state index in [0.29, 0.717) is 6.54 Å². The van der Waals surface area contributed by atoms with E-state index in [2.05, 4.69) is 22.2 Å². The Bertz CT molecular complexity index is 525. The molecule has 1 saturated heterocycles. The lowest BCUT2D eigenvalue weighted by atomic mass is 9.89. The number of rotatable bonds is 8. The smallest absolute Gasteiger partial charge is 0.241 e. The second-order valence-electron chi connectivity index (χ2n) is 7.87. The first kappa shape index (κ1) is 19.9. The molecule has 0 aliphatic carbocycles. The van der Waals surface area contributed by atoms with Crippen molar-refractivity contribution in [3.05, 3.63) is 35.9 Å². The average molecular weight is 348 g/mol. The fourth-order valence-corrected chi connectivity index (χ4v) is 3.20. The summed E-state index contributed by atoms with van der Waals surface area (Å²) in [5.41, 5.74) is 0.973. The summed E-state index contributed by atoms with van der Waals surface area (Å²) in [5.74, 6) is 0.0811. The van der Waals surface area contributed by atoms with E-state index in [9.17, 15) is 9.90 Å². The van der Waals surface area contributed by atoms with Gasteiger partial charge in [-0.05, 0) is 30.9 Å². The van der Waals surface area contributed by atoms with Crippen LogP contribution in [-0.2, 0) is 4.79 Å². The number of aliphatic hydroxyl groups excluding tert-OH is 1. The maximum absolute atomic E-state index is 12.9. The normalized spacial score (nSPS) is 18.1. The Morgan fingerprint density at radius 3 is 2.44 bits per heavy atom. The van der Waals surface area contributed by atoms with Crippen molar-refractivity contribution >= 4 is 5.91 Å². The van der Waals surface area contributed by atoms with Gasteiger partial charge in [0.05, 0.1) is 0 Å². The molecule has 25 heavy (non-hydrogen) atoms. The van der Waals surface area contributed by atoms with Gasteiger partial charge >= 0.3 is 0 Å². The molecule has 0 radical (unpaired) electrons. The molecule has 2 rings (SSSR count). The maximum Gasteiger partial charge on any atom is 0.241 e. The standard InChI is InChI=1S/C20H33N3O2/c1-20(2,16-24)10-7-11-21-19(25)18(17-8-5-4-6-9-17)23-14-12-22(3)13-15-23/h4-6,8-9,18,24H,7,10-16H2,1-3H3,(H,21,25). The number of likely N-dealkylation sites (N-methyl/N-ethyl adjacent to an activating group) is 1. The molecule has 1 heterocycles. The summed E-state index contributed by atoms with van der Waals surface area (Å²) in [7, 11) is 2.12. The molecule has 1 aliphatic heterocycles. The van der Waals surface area contributed by atoms with E-state index < -0.39 is 0 Å². The Morgan fingerprint density at radius 1 is 1.20 bits per heavy atom. The van der Waals surface area contributed by atoms with Gasteiger partial charge in [-0.15, -0.1) is 0 Å². The van der Waals surface area contributed by atoms with Crippen molar-refractivity contribution in [2.75, 3.05) is 46.4 Å². The highest BCUT2D eigenvalue weighted by atomic mass is 16.3.